The molecule has 2 saturated heterocycles. The molecule has 0 radical (unpaired) electrons. The highest BCUT2D eigenvalue weighted by atomic mass is 16.2. The Labute approximate surface area is 103 Å². The Morgan fingerprint density at radius 2 is 2.00 bits per heavy atom. The lowest BCUT2D eigenvalue weighted by Gasteiger charge is -2.35. The number of amides is 1. The number of hydrogen-bond donors (Lipinski definition) is 2. The third-order valence-electron chi connectivity index (χ3n) is 4.63. The Kier molecular flexibility index (Phi) is 3.34. The fourth-order valence-corrected chi connectivity index (χ4v) is 3.71. The van der Waals surface area contributed by atoms with E-state index in [1.54, 1.807) is 0 Å². The van der Waals surface area contributed by atoms with E-state index in [0.29, 0.717) is 11.9 Å². The topological polar surface area (TPSA) is 44.4 Å². The number of carbonyl (C=O) groups excluding carboxylic acids is 1. The predicted molar refractivity (Wildman–Crippen MR) is 66.7 cm³/mol. The van der Waals surface area contributed by atoms with Crippen LogP contribution in [0.5, 0.6) is 0 Å². The van der Waals surface area contributed by atoms with Crippen molar-refractivity contribution in [3.8, 4) is 0 Å². The minimum atomic E-state index is 0.0180. The van der Waals surface area contributed by atoms with Gasteiger partial charge in [-0.05, 0) is 25.2 Å². The van der Waals surface area contributed by atoms with Crippen LogP contribution in [-0.4, -0.2) is 49.1 Å². The van der Waals surface area contributed by atoms with Crippen LogP contribution in [0.4, 0.5) is 0 Å². The molecule has 4 heteroatoms. The minimum absolute atomic E-state index is 0.0180. The van der Waals surface area contributed by atoms with Gasteiger partial charge in [0.2, 0.25) is 5.91 Å². The molecule has 1 saturated carbocycles. The first kappa shape index (κ1) is 11.5. The summed E-state index contributed by atoms with van der Waals surface area (Å²) in [6.07, 6.45) is 6.48. The predicted octanol–water partition coefficient (Wildman–Crippen LogP) is 0.339. The molecule has 1 amide bonds. The van der Waals surface area contributed by atoms with E-state index in [1.807, 2.05) is 0 Å². The Morgan fingerprint density at radius 3 is 2.82 bits per heavy atom. The van der Waals surface area contributed by atoms with Gasteiger partial charge in [0.15, 0.2) is 0 Å². The number of likely N-dealkylation sites (tertiary alicyclic amines) is 1. The molecular weight excluding hydrogens is 214 g/mol. The van der Waals surface area contributed by atoms with Gasteiger partial charge in [-0.15, -0.1) is 0 Å². The maximum atomic E-state index is 12.5. The summed E-state index contributed by atoms with van der Waals surface area (Å²) in [5, 5.41) is 6.64. The largest absolute Gasteiger partial charge is 0.338 e. The molecule has 17 heavy (non-hydrogen) atoms. The average molecular weight is 237 g/mol. The lowest BCUT2D eigenvalue weighted by atomic mass is 9.85. The van der Waals surface area contributed by atoms with E-state index in [0.717, 1.165) is 32.1 Å². The van der Waals surface area contributed by atoms with Crippen molar-refractivity contribution in [1.29, 1.82) is 0 Å². The summed E-state index contributed by atoms with van der Waals surface area (Å²) in [5.74, 6) is 1.14. The van der Waals surface area contributed by atoms with Gasteiger partial charge in [-0.3, -0.25) is 4.79 Å². The maximum absolute atomic E-state index is 12.5. The second-order valence-corrected chi connectivity index (χ2v) is 5.64. The zero-order valence-corrected chi connectivity index (χ0v) is 10.5. The van der Waals surface area contributed by atoms with Crippen molar-refractivity contribution in [2.24, 2.45) is 5.92 Å². The lowest BCUT2D eigenvalue weighted by Crippen LogP contribution is -2.57. The second-order valence-electron chi connectivity index (χ2n) is 5.64. The maximum Gasteiger partial charge on any atom is 0.241 e. The first-order valence-electron chi connectivity index (χ1n) is 7.11. The van der Waals surface area contributed by atoms with Crippen LogP contribution in [-0.2, 0) is 4.79 Å². The molecule has 0 aromatic rings. The standard InChI is InChI=1S/C13H23N3O/c17-13(11-9-14-6-7-15-11)16-8-5-10-3-1-2-4-12(10)16/h10-12,14-15H,1-9H2. The van der Waals surface area contributed by atoms with E-state index < -0.39 is 0 Å². The molecule has 1 aliphatic carbocycles. The van der Waals surface area contributed by atoms with Gasteiger partial charge in [-0.25, -0.2) is 0 Å². The number of rotatable bonds is 1. The smallest absolute Gasteiger partial charge is 0.241 e. The molecule has 3 rings (SSSR count). The van der Waals surface area contributed by atoms with Crippen LogP contribution >= 0.6 is 0 Å². The van der Waals surface area contributed by atoms with E-state index in [-0.39, 0.29) is 6.04 Å². The van der Waals surface area contributed by atoms with Crippen LogP contribution in [0.1, 0.15) is 32.1 Å². The van der Waals surface area contributed by atoms with Crippen LogP contribution in [0.25, 0.3) is 0 Å². The van der Waals surface area contributed by atoms with E-state index in [1.165, 1.54) is 32.1 Å². The van der Waals surface area contributed by atoms with Crippen LogP contribution in [0.2, 0.25) is 0 Å². The van der Waals surface area contributed by atoms with Crippen molar-refractivity contribution in [3.05, 3.63) is 0 Å². The number of nitrogens with zero attached hydrogens (tertiary/aromatic N) is 1. The Hall–Kier alpha value is -0.610. The highest BCUT2D eigenvalue weighted by Crippen LogP contribution is 2.36. The molecule has 3 unspecified atom stereocenters. The Morgan fingerprint density at radius 1 is 1.12 bits per heavy atom. The Bertz CT molecular complexity index is 288. The molecule has 96 valence electrons. The molecule has 2 heterocycles. The monoisotopic (exact) mass is 237 g/mol. The summed E-state index contributed by atoms with van der Waals surface area (Å²) >= 11 is 0. The fraction of sp³-hybridized carbons (Fsp3) is 0.923. The molecule has 2 aliphatic heterocycles. The number of fused-ring (bicyclic) bond motifs is 1. The van der Waals surface area contributed by atoms with Crippen molar-refractivity contribution in [2.75, 3.05) is 26.2 Å². The summed E-state index contributed by atoms with van der Waals surface area (Å²) in [5.41, 5.74) is 0. The second kappa shape index (κ2) is 4.94. The molecule has 3 aliphatic rings. The third kappa shape index (κ3) is 2.20. The van der Waals surface area contributed by atoms with E-state index in [2.05, 4.69) is 15.5 Å². The first-order valence-corrected chi connectivity index (χ1v) is 7.11. The summed E-state index contributed by atoms with van der Waals surface area (Å²) in [6, 6.07) is 0.574. The summed E-state index contributed by atoms with van der Waals surface area (Å²) in [6.45, 7) is 3.69. The SMILES string of the molecule is O=C(C1CNCCN1)N1CCC2CCCCC21. The zero-order chi connectivity index (χ0) is 11.7. The molecule has 4 nitrogen and oxygen atoms in total. The van der Waals surface area contributed by atoms with Gasteiger partial charge < -0.3 is 15.5 Å². The van der Waals surface area contributed by atoms with Gasteiger partial charge >= 0.3 is 0 Å². The molecule has 3 fully saturated rings. The van der Waals surface area contributed by atoms with Crippen molar-refractivity contribution < 1.29 is 4.79 Å². The first-order chi connectivity index (χ1) is 8.36. The van der Waals surface area contributed by atoms with E-state index in [4.69, 9.17) is 0 Å². The highest BCUT2D eigenvalue weighted by molar-refractivity contribution is 5.83. The van der Waals surface area contributed by atoms with Crippen LogP contribution in [0.3, 0.4) is 0 Å². The Balaban J connectivity index is 1.65. The highest BCUT2D eigenvalue weighted by Gasteiger charge is 2.40. The van der Waals surface area contributed by atoms with Gasteiger partial charge in [-0.2, -0.15) is 0 Å². The average Bonchev–Trinajstić information content (AvgIpc) is 2.83. The lowest BCUT2D eigenvalue weighted by molar-refractivity contribution is -0.135. The summed E-state index contributed by atoms with van der Waals surface area (Å²) < 4.78 is 0. The van der Waals surface area contributed by atoms with Crippen molar-refractivity contribution >= 4 is 5.91 Å². The van der Waals surface area contributed by atoms with Gasteiger partial charge in [0.05, 0.1) is 6.04 Å². The van der Waals surface area contributed by atoms with Gasteiger partial charge in [0.1, 0.15) is 0 Å². The van der Waals surface area contributed by atoms with E-state index >= 15 is 0 Å². The van der Waals surface area contributed by atoms with Crippen molar-refractivity contribution in [1.82, 2.24) is 15.5 Å². The zero-order valence-electron chi connectivity index (χ0n) is 10.5. The molecule has 0 spiro atoms. The molecule has 0 aromatic heterocycles. The number of hydrogen-bond acceptors (Lipinski definition) is 3. The molecular formula is C13H23N3O. The molecule has 0 aromatic carbocycles. The van der Waals surface area contributed by atoms with Crippen LogP contribution < -0.4 is 10.6 Å². The number of nitrogens with one attached hydrogen (secondary N) is 2. The third-order valence-corrected chi connectivity index (χ3v) is 4.63. The molecule has 3 atom stereocenters. The molecule has 2 N–H and O–H groups in total. The van der Waals surface area contributed by atoms with Gasteiger partial charge in [0.25, 0.3) is 0 Å². The normalized spacial score (nSPS) is 37.9. The van der Waals surface area contributed by atoms with Gasteiger partial charge in [0, 0.05) is 32.2 Å². The molecule has 0 bridgehead atoms. The van der Waals surface area contributed by atoms with Gasteiger partial charge in [-0.1, -0.05) is 12.8 Å². The summed E-state index contributed by atoms with van der Waals surface area (Å²) in [4.78, 5) is 14.7. The van der Waals surface area contributed by atoms with Crippen molar-refractivity contribution in [3.63, 3.8) is 0 Å². The number of piperazine rings is 1. The fourth-order valence-electron chi connectivity index (χ4n) is 3.71. The van der Waals surface area contributed by atoms with E-state index in [9.17, 15) is 4.79 Å². The summed E-state index contributed by atoms with van der Waals surface area (Å²) in [7, 11) is 0. The van der Waals surface area contributed by atoms with Crippen LogP contribution in [0, 0.1) is 5.92 Å². The number of carbonyl (C=O) groups is 1. The minimum Gasteiger partial charge on any atom is -0.338 e. The quantitative estimate of drug-likeness (QED) is 0.691. The van der Waals surface area contributed by atoms with Crippen molar-refractivity contribution in [2.45, 2.75) is 44.2 Å². The van der Waals surface area contributed by atoms with Crippen LogP contribution in [0.15, 0.2) is 0 Å².